The SMILES string of the molecule is Cn1nc(C2CCC(=O)NC2=O)c2ccc(N3CCN(CC4CCN(C(=O)OC(C)(C)C)CC4)CC3(C)C)cc21. The van der Waals surface area contributed by atoms with Crippen LogP contribution in [0.3, 0.4) is 0 Å². The molecular formula is C30H44N6O4. The lowest BCUT2D eigenvalue weighted by atomic mass is 9.92. The second-order valence-corrected chi connectivity index (χ2v) is 13.3. The van der Waals surface area contributed by atoms with Crippen molar-refractivity contribution in [3.05, 3.63) is 23.9 Å². The van der Waals surface area contributed by atoms with E-state index in [1.165, 1.54) is 0 Å². The van der Waals surface area contributed by atoms with Crippen LogP contribution in [0, 0.1) is 5.92 Å². The van der Waals surface area contributed by atoms with Gasteiger partial charge in [0.2, 0.25) is 11.8 Å². The van der Waals surface area contributed by atoms with Gasteiger partial charge in [-0.1, -0.05) is 0 Å². The zero-order chi connectivity index (χ0) is 28.8. The van der Waals surface area contributed by atoms with Gasteiger partial charge in [0.25, 0.3) is 0 Å². The van der Waals surface area contributed by atoms with Crippen molar-refractivity contribution < 1.29 is 19.1 Å². The fourth-order valence-corrected chi connectivity index (χ4v) is 6.53. The third kappa shape index (κ3) is 5.96. The van der Waals surface area contributed by atoms with Crippen LogP contribution in [0.1, 0.15) is 71.9 Å². The van der Waals surface area contributed by atoms with E-state index in [1.807, 2.05) is 37.4 Å². The molecule has 1 unspecified atom stereocenters. The van der Waals surface area contributed by atoms with E-state index in [0.717, 1.165) is 74.4 Å². The summed E-state index contributed by atoms with van der Waals surface area (Å²) >= 11 is 0. The lowest BCUT2D eigenvalue weighted by molar-refractivity contribution is -0.134. The minimum absolute atomic E-state index is 0.0613. The summed E-state index contributed by atoms with van der Waals surface area (Å²) in [6, 6.07) is 6.41. The molecule has 3 aliphatic heterocycles. The number of hydrogen-bond donors (Lipinski definition) is 1. The van der Waals surface area contributed by atoms with Gasteiger partial charge in [0.15, 0.2) is 0 Å². The smallest absolute Gasteiger partial charge is 0.410 e. The van der Waals surface area contributed by atoms with Gasteiger partial charge in [-0.2, -0.15) is 5.10 Å². The van der Waals surface area contributed by atoms with Crippen molar-refractivity contribution in [3.63, 3.8) is 0 Å². The molecule has 1 atom stereocenters. The van der Waals surface area contributed by atoms with E-state index in [0.29, 0.717) is 18.8 Å². The molecule has 0 aliphatic carbocycles. The topological polar surface area (TPSA) is 100 Å². The highest BCUT2D eigenvalue weighted by Crippen LogP contribution is 2.35. The Hall–Kier alpha value is -3.14. The van der Waals surface area contributed by atoms with Crippen LogP contribution in [0.5, 0.6) is 0 Å². The number of likely N-dealkylation sites (tertiary alicyclic amines) is 1. The molecule has 3 fully saturated rings. The molecule has 3 aliphatic rings. The maximum atomic E-state index is 12.5. The molecule has 10 heteroatoms. The molecule has 0 spiro atoms. The first-order valence-corrected chi connectivity index (χ1v) is 14.6. The second-order valence-electron chi connectivity index (χ2n) is 13.3. The van der Waals surface area contributed by atoms with E-state index in [1.54, 1.807) is 0 Å². The maximum absolute atomic E-state index is 12.5. The highest BCUT2D eigenvalue weighted by molar-refractivity contribution is 6.02. The molecule has 0 bridgehead atoms. The van der Waals surface area contributed by atoms with Crippen molar-refractivity contribution >= 4 is 34.5 Å². The fourth-order valence-electron chi connectivity index (χ4n) is 6.53. The summed E-state index contributed by atoms with van der Waals surface area (Å²) in [6.07, 6.45) is 2.65. The van der Waals surface area contributed by atoms with Gasteiger partial charge in [-0.15, -0.1) is 0 Å². The third-order valence-corrected chi connectivity index (χ3v) is 8.51. The summed E-state index contributed by atoms with van der Waals surface area (Å²) in [5, 5.41) is 8.14. The van der Waals surface area contributed by atoms with Gasteiger partial charge in [0.05, 0.1) is 17.1 Å². The van der Waals surface area contributed by atoms with E-state index in [4.69, 9.17) is 9.84 Å². The van der Waals surface area contributed by atoms with Crippen LogP contribution in [0.25, 0.3) is 10.9 Å². The molecule has 2 aromatic rings. The molecule has 3 saturated heterocycles. The number of aromatic nitrogens is 2. The zero-order valence-corrected chi connectivity index (χ0v) is 24.8. The predicted octanol–water partition coefficient (Wildman–Crippen LogP) is 3.64. The number of hydrogen-bond acceptors (Lipinski definition) is 7. The number of amides is 3. The Morgan fingerprint density at radius 2 is 1.82 bits per heavy atom. The summed E-state index contributed by atoms with van der Waals surface area (Å²) in [6.45, 7) is 15.8. The molecule has 40 heavy (non-hydrogen) atoms. The molecular weight excluding hydrogens is 508 g/mol. The van der Waals surface area contributed by atoms with E-state index in [-0.39, 0.29) is 23.4 Å². The van der Waals surface area contributed by atoms with Crippen LogP contribution in [0.15, 0.2) is 18.2 Å². The Morgan fingerprint density at radius 3 is 2.48 bits per heavy atom. The van der Waals surface area contributed by atoms with Gasteiger partial charge < -0.3 is 14.5 Å². The minimum atomic E-state index is -0.462. The lowest BCUT2D eigenvalue weighted by Crippen LogP contribution is -2.60. The Kier molecular flexibility index (Phi) is 7.58. The van der Waals surface area contributed by atoms with Gasteiger partial charge in [-0.25, -0.2) is 4.79 Å². The van der Waals surface area contributed by atoms with E-state index in [2.05, 4.69) is 47.2 Å². The molecule has 1 aromatic heterocycles. The van der Waals surface area contributed by atoms with Crippen LogP contribution in [0.2, 0.25) is 0 Å². The summed E-state index contributed by atoms with van der Waals surface area (Å²) in [5.74, 6) is -0.287. The molecule has 0 radical (unpaired) electrons. The normalized spacial score (nSPS) is 23.0. The summed E-state index contributed by atoms with van der Waals surface area (Å²) in [4.78, 5) is 43.5. The van der Waals surface area contributed by atoms with Crippen molar-refractivity contribution in [1.29, 1.82) is 0 Å². The molecule has 1 aromatic carbocycles. The number of carbonyl (C=O) groups excluding carboxylic acids is 3. The second kappa shape index (κ2) is 10.7. The third-order valence-electron chi connectivity index (χ3n) is 8.51. The van der Waals surface area contributed by atoms with Gasteiger partial charge in [-0.05, 0) is 78.0 Å². The molecule has 5 rings (SSSR count). The zero-order valence-electron chi connectivity index (χ0n) is 24.8. The van der Waals surface area contributed by atoms with E-state index >= 15 is 0 Å². The van der Waals surface area contributed by atoms with Crippen LogP contribution >= 0.6 is 0 Å². The van der Waals surface area contributed by atoms with Crippen molar-refractivity contribution in [2.45, 2.75) is 77.4 Å². The Morgan fingerprint density at radius 1 is 1.10 bits per heavy atom. The lowest BCUT2D eigenvalue weighted by Gasteiger charge is -2.49. The number of imide groups is 1. The largest absolute Gasteiger partial charge is 0.444 e. The van der Waals surface area contributed by atoms with Gasteiger partial charge in [-0.3, -0.25) is 24.5 Å². The Labute approximate surface area is 237 Å². The summed E-state index contributed by atoms with van der Waals surface area (Å²) in [5.41, 5.74) is 2.37. The maximum Gasteiger partial charge on any atom is 0.410 e. The minimum Gasteiger partial charge on any atom is -0.444 e. The van der Waals surface area contributed by atoms with Gasteiger partial charge >= 0.3 is 6.09 Å². The first kappa shape index (κ1) is 28.4. The van der Waals surface area contributed by atoms with Crippen molar-refractivity contribution in [3.8, 4) is 0 Å². The van der Waals surface area contributed by atoms with Gasteiger partial charge in [0.1, 0.15) is 5.60 Å². The van der Waals surface area contributed by atoms with Crippen molar-refractivity contribution in [2.75, 3.05) is 44.2 Å². The predicted molar refractivity (Wildman–Crippen MR) is 154 cm³/mol. The number of nitrogens with one attached hydrogen (secondary N) is 1. The summed E-state index contributed by atoms with van der Waals surface area (Å²) in [7, 11) is 1.92. The first-order valence-electron chi connectivity index (χ1n) is 14.6. The number of aryl methyl sites for hydroxylation is 1. The molecule has 1 N–H and O–H groups in total. The first-order chi connectivity index (χ1) is 18.8. The average molecular weight is 553 g/mol. The van der Waals surface area contributed by atoms with Crippen LogP contribution in [-0.2, 0) is 21.4 Å². The van der Waals surface area contributed by atoms with Crippen molar-refractivity contribution in [2.24, 2.45) is 13.0 Å². The molecule has 4 heterocycles. The number of rotatable bonds is 4. The number of ether oxygens (including phenoxy) is 1. The monoisotopic (exact) mass is 552 g/mol. The molecule has 0 saturated carbocycles. The number of piperidine rings is 2. The van der Waals surface area contributed by atoms with Crippen LogP contribution < -0.4 is 10.2 Å². The number of fused-ring (bicyclic) bond motifs is 1. The van der Waals surface area contributed by atoms with E-state index < -0.39 is 11.5 Å². The standard InChI is InChI=1S/C30H44N6O4/c1-29(2,3)40-28(39)35-13-11-20(12-14-35)18-34-15-16-36(30(4,5)19-34)21-7-8-22-24(17-21)33(6)32-26(22)23-9-10-25(37)31-27(23)38/h7-8,17,20,23H,9-16,18-19H2,1-6H3,(H,31,37,38). The summed E-state index contributed by atoms with van der Waals surface area (Å²) < 4.78 is 7.41. The average Bonchev–Trinajstić information content (AvgIpc) is 3.18. The molecule has 218 valence electrons. The number of benzene rings is 1. The quantitative estimate of drug-likeness (QED) is 0.578. The number of nitrogens with zero attached hydrogens (tertiary/aromatic N) is 5. The van der Waals surface area contributed by atoms with Gasteiger partial charge in [0, 0.05) is 69.3 Å². The number of piperazine rings is 1. The van der Waals surface area contributed by atoms with Crippen molar-refractivity contribution in [1.82, 2.24) is 24.9 Å². The van der Waals surface area contributed by atoms with Crippen LogP contribution in [0.4, 0.5) is 10.5 Å². The Bertz CT molecular complexity index is 1290. The van der Waals surface area contributed by atoms with E-state index in [9.17, 15) is 14.4 Å². The Balaban J connectivity index is 1.21. The number of anilines is 1. The highest BCUT2D eigenvalue weighted by Gasteiger charge is 2.36. The molecule has 10 nitrogen and oxygen atoms in total. The highest BCUT2D eigenvalue weighted by atomic mass is 16.6. The fraction of sp³-hybridized carbons (Fsp3) is 0.667. The number of carbonyl (C=O) groups is 3. The molecule has 3 amide bonds. The van der Waals surface area contributed by atoms with Crippen LogP contribution in [-0.4, -0.2) is 87.9 Å².